The number of rotatable bonds is 8. The normalized spacial score (nSPS) is 18.1. The summed E-state index contributed by atoms with van der Waals surface area (Å²) >= 11 is 7.05. The largest absolute Gasteiger partial charge is 0.487 e. The van der Waals surface area contributed by atoms with Crippen LogP contribution in [0.2, 0.25) is 5.02 Å². The summed E-state index contributed by atoms with van der Waals surface area (Å²) in [5.74, 6) is -4.71. The number of nitrogens with one attached hydrogen (secondary N) is 2. The van der Waals surface area contributed by atoms with E-state index >= 15 is 0 Å². The maximum atomic E-state index is 14.4. The molecule has 11 heteroatoms. The quantitative estimate of drug-likeness (QED) is 0.491. The average Bonchev–Trinajstić information content (AvgIpc) is 3.19. The number of halogens is 3. The lowest BCUT2D eigenvalue weighted by Crippen LogP contribution is -2.35. The molecule has 1 saturated carbocycles. The minimum atomic E-state index is -0.951. The second-order valence-corrected chi connectivity index (χ2v) is 8.62. The SMILES string of the molecule is O=C(NCCNC(=O)c1sccc1Cl)c1cc(F)c(OC2CCC(C(=O)O)CC2)cc1F. The number of carbonyl (C=O) groups excluding carboxylic acids is 2. The molecule has 2 aromatic rings. The van der Waals surface area contributed by atoms with Crippen LogP contribution >= 0.6 is 22.9 Å². The zero-order chi connectivity index (χ0) is 23.3. The number of amides is 2. The number of carbonyl (C=O) groups is 3. The Bertz CT molecular complexity index is 1010. The van der Waals surface area contributed by atoms with Gasteiger partial charge in [-0.05, 0) is 43.2 Å². The highest BCUT2D eigenvalue weighted by Crippen LogP contribution is 2.30. The summed E-state index contributed by atoms with van der Waals surface area (Å²) in [4.78, 5) is 35.5. The van der Waals surface area contributed by atoms with E-state index in [2.05, 4.69) is 10.6 Å². The maximum Gasteiger partial charge on any atom is 0.306 e. The van der Waals surface area contributed by atoms with E-state index in [1.165, 1.54) is 11.3 Å². The molecule has 1 aromatic carbocycles. The zero-order valence-electron chi connectivity index (χ0n) is 16.8. The van der Waals surface area contributed by atoms with Crippen molar-refractivity contribution in [2.75, 3.05) is 13.1 Å². The van der Waals surface area contributed by atoms with Crippen LogP contribution in [0.1, 0.15) is 45.7 Å². The minimum absolute atomic E-state index is 0.000301. The Morgan fingerprint density at radius 1 is 1.06 bits per heavy atom. The van der Waals surface area contributed by atoms with Gasteiger partial charge in [0.25, 0.3) is 11.8 Å². The maximum absolute atomic E-state index is 14.4. The van der Waals surface area contributed by atoms with Gasteiger partial charge in [-0.2, -0.15) is 0 Å². The first-order valence-corrected chi connectivity index (χ1v) is 11.2. The van der Waals surface area contributed by atoms with E-state index in [4.69, 9.17) is 21.4 Å². The second kappa shape index (κ2) is 10.7. The van der Waals surface area contributed by atoms with Gasteiger partial charge < -0.3 is 20.5 Å². The summed E-state index contributed by atoms with van der Waals surface area (Å²) in [5.41, 5.74) is -0.489. The molecule has 32 heavy (non-hydrogen) atoms. The lowest BCUT2D eigenvalue weighted by molar-refractivity contribution is -0.143. The number of benzene rings is 1. The Kier molecular flexibility index (Phi) is 8.03. The molecule has 3 N–H and O–H groups in total. The van der Waals surface area contributed by atoms with E-state index in [1.807, 2.05) is 0 Å². The van der Waals surface area contributed by atoms with Crippen LogP contribution in [-0.4, -0.2) is 42.1 Å². The molecule has 7 nitrogen and oxygen atoms in total. The second-order valence-electron chi connectivity index (χ2n) is 7.30. The molecule has 2 amide bonds. The molecule has 0 atom stereocenters. The third-order valence-corrected chi connectivity index (χ3v) is 6.44. The molecule has 1 fully saturated rings. The Morgan fingerprint density at radius 3 is 2.31 bits per heavy atom. The van der Waals surface area contributed by atoms with E-state index in [0.717, 1.165) is 12.1 Å². The van der Waals surface area contributed by atoms with Crippen molar-refractivity contribution in [3.63, 3.8) is 0 Å². The van der Waals surface area contributed by atoms with Gasteiger partial charge in [0.1, 0.15) is 10.7 Å². The van der Waals surface area contributed by atoms with Gasteiger partial charge in [0.15, 0.2) is 11.6 Å². The summed E-state index contributed by atoms with van der Waals surface area (Å²) in [7, 11) is 0. The molecule has 0 spiro atoms. The van der Waals surface area contributed by atoms with Crippen molar-refractivity contribution in [1.29, 1.82) is 0 Å². The first kappa shape index (κ1) is 23.9. The fourth-order valence-corrected chi connectivity index (χ4v) is 4.44. The van der Waals surface area contributed by atoms with Crippen molar-refractivity contribution in [2.45, 2.75) is 31.8 Å². The van der Waals surface area contributed by atoms with E-state index in [1.54, 1.807) is 11.4 Å². The van der Waals surface area contributed by atoms with Crippen LogP contribution in [0.3, 0.4) is 0 Å². The molecule has 1 heterocycles. The van der Waals surface area contributed by atoms with Crippen LogP contribution in [0, 0.1) is 17.6 Å². The monoisotopic (exact) mass is 486 g/mol. The van der Waals surface area contributed by atoms with E-state index < -0.39 is 47.0 Å². The Balaban J connectivity index is 1.50. The Hall–Kier alpha value is -2.72. The number of hydrogen-bond donors (Lipinski definition) is 3. The van der Waals surface area contributed by atoms with Gasteiger partial charge in [-0.1, -0.05) is 11.6 Å². The standard InChI is InChI=1S/C21H21ClF2N2O5S/c22-14-5-8-32-18(14)20(28)26-7-6-25-19(27)13-9-16(24)17(10-15(13)23)31-12-3-1-11(2-4-12)21(29)30/h5,8-12H,1-4,6-7H2,(H,25,27)(H,26,28)(H,29,30). The molecule has 3 rings (SSSR count). The van der Waals surface area contributed by atoms with Crippen LogP contribution in [-0.2, 0) is 4.79 Å². The van der Waals surface area contributed by atoms with Gasteiger partial charge in [-0.3, -0.25) is 14.4 Å². The molecule has 0 bridgehead atoms. The highest BCUT2D eigenvalue weighted by molar-refractivity contribution is 7.12. The van der Waals surface area contributed by atoms with E-state index in [0.29, 0.717) is 35.6 Å². The van der Waals surface area contributed by atoms with Gasteiger partial charge >= 0.3 is 5.97 Å². The third kappa shape index (κ3) is 5.95. The van der Waals surface area contributed by atoms with Crippen molar-refractivity contribution in [2.24, 2.45) is 5.92 Å². The van der Waals surface area contributed by atoms with Crippen molar-refractivity contribution in [3.8, 4) is 5.75 Å². The average molecular weight is 487 g/mol. The topological polar surface area (TPSA) is 105 Å². The first-order chi connectivity index (χ1) is 15.3. The summed E-state index contributed by atoms with van der Waals surface area (Å²) < 4.78 is 34.3. The summed E-state index contributed by atoms with van der Waals surface area (Å²) in [5, 5.41) is 16.0. The molecule has 1 aliphatic carbocycles. The summed E-state index contributed by atoms with van der Waals surface area (Å²) in [6, 6.07) is 3.16. The van der Waals surface area contributed by atoms with Crippen LogP contribution in [0.25, 0.3) is 0 Å². The number of carboxylic acids is 1. The zero-order valence-corrected chi connectivity index (χ0v) is 18.4. The lowest BCUT2D eigenvalue weighted by Gasteiger charge is -2.27. The first-order valence-electron chi connectivity index (χ1n) is 9.94. The molecular formula is C21H21ClF2N2O5S. The predicted molar refractivity (Wildman–Crippen MR) is 114 cm³/mol. The van der Waals surface area contributed by atoms with Gasteiger partial charge in [-0.25, -0.2) is 8.78 Å². The molecule has 0 saturated heterocycles. The molecule has 172 valence electrons. The van der Waals surface area contributed by atoms with E-state index in [9.17, 15) is 23.2 Å². The van der Waals surface area contributed by atoms with Crippen LogP contribution in [0.4, 0.5) is 8.78 Å². The lowest BCUT2D eigenvalue weighted by atomic mass is 9.87. The van der Waals surface area contributed by atoms with Crippen LogP contribution < -0.4 is 15.4 Å². The summed E-state index contributed by atoms with van der Waals surface area (Å²) in [6.07, 6.45) is 1.23. The smallest absolute Gasteiger partial charge is 0.306 e. The number of thiophene rings is 1. The van der Waals surface area contributed by atoms with Crippen molar-refractivity contribution >= 4 is 40.7 Å². The fourth-order valence-electron chi connectivity index (χ4n) is 3.38. The van der Waals surface area contributed by atoms with Crippen molar-refractivity contribution in [1.82, 2.24) is 10.6 Å². The minimum Gasteiger partial charge on any atom is -0.487 e. The number of hydrogen-bond acceptors (Lipinski definition) is 5. The van der Waals surface area contributed by atoms with Crippen molar-refractivity contribution < 1.29 is 33.0 Å². The third-order valence-electron chi connectivity index (χ3n) is 5.10. The molecule has 0 aliphatic heterocycles. The fraction of sp³-hybridized carbons (Fsp3) is 0.381. The van der Waals surface area contributed by atoms with Crippen molar-refractivity contribution in [3.05, 3.63) is 50.7 Å². The highest BCUT2D eigenvalue weighted by atomic mass is 35.5. The van der Waals surface area contributed by atoms with Crippen LogP contribution in [0.5, 0.6) is 5.75 Å². The molecule has 0 unspecified atom stereocenters. The molecule has 0 radical (unpaired) electrons. The molecule has 1 aromatic heterocycles. The number of aliphatic carboxylic acids is 1. The highest BCUT2D eigenvalue weighted by Gasteiger charge is 2.28. The Morgan fingerprint density at radius 2 is 1.72 bits per heavy atom. The molecule has 1 aliphatic rings. The number of carboxylic acid groups (broad SMARTS) is 1. The predicted octanol–water partition coefficient (Wildman–Crippen LogP) is 3.86. The van der Waals surface area contributed by atoms with Gasteiger partial charge in [0.05, 0.1) is 22.6 Å². The van der Waals surface area contributed by atoms with Gasteiger partial charge in [0.2, 0.25) is 0 Å². The van der Waals surface area contributed by atoms with Gasteiger partial charge in [0, 0.05) is 19.2 Å². The number of ether oxygens (including phenoxy) is 1. The van der Waals surface area contributed by atoms with Crippen LogP contribution in [0.15, 0.2) is 23.6 Å². The Labute approximate surface area is 191 Å². The summed E-state index contributed by atoms with van der Waals surface area (Å²) in [6.45, 7) is 0.0722. The molecular weight excluding hydrogens is 466 g/mol. The van der Waals surface area contributed by atoms with E-state index in [-0.39, 0.29) is 18.8 Å². The van der Waals surface area contributed by atoms with Gasteiger partial charge in [-0.15, -0.1) is 11.3 Å².